The number of thiocarbonyl (C=S) groups is 1. The van der Waals surface area contributed by atoms with Gasteiger partial charge in [-0.05, 0) is 61.8 Å². The number of aryl methyl sites for hydroxylation is 1. The van der Waals surface area contributed by atoms with Gasteiger partial charge in [-0.2, -0.15) is 0 Å². The summed E-state index contributed by atoms with van der Waals surface area (Å²) in [5.74, 6) is -0.562. The van der Waals surface area contributed by atoms with Crippen LogP contribution in [0.25, 0.3) is 0 Å². The number of hydrogen-bond acceptors (Lipinski definition) is 2. The van der Waals surface area contributed by atoms with E-state index in [0.29, 0.717) is 11.4 Å². The van der Waals surface area contributed by atoms with Crippen molar-refractivity contribution in [2.75, 3.05) is 10.0 Å². The number of halogens is 1. The predicted octanol–water partition coefficient (Wildman–Crippen LogP) is 4.71. The zero-order chi connectivity index (χ0) is 19.4. The molecule has 0 radical (unpaired) electrons. The SMILES string of the molecule is Cc1ccccc1N(C(=O)C1CCCCC1)N(C(N)=S)c1cccc(F)c1. The maximum Gasteiger partial charge on any atom is 0.249 e. The average molecular weight is 386 g/mol. The van der Waals surface area contributed by atoms with Crippen LogP contribution in [0.5, 0.6) is 0 Å². The lowest BCUT2D eigenvalue weighted by Gasteiger charge is -2.38. The van der Waals surface area contributed by atoms with Crippen LogP contribution in [0.15, 0.2) is 48.5 Å². The number of benzene rings is 2. The quantitative estimate of drug-likeness (QED) is 0.614. The van der Waals surface area contributed by atoms with Crippen molar-refractivity contribution in [1.82, 2.24) is 0 Å². The Morgan fingerprint density at radius 3 is 2.41 bits per heavy atom. The number of hydrogen-bond donors (Lipinski definition) is 1. The number of nitrogens with zero attached hydrogens (tertiary/aromatic N) is 2. The van der Waals surface area contributed by atoms with E-state index in [1.54, 1.807) is 12.1 Å². The number of rotatable bonds is 3. The number of para-hydroxylation sites is 1. The van der Waals surface area contributed by atoms with Crippen LogP contribution >= 0.6 is 12.2 Å². The Morgan fingerprint density at radius 1 is 1.07 bits per heavy atom. The molecule has 3 rings (SSSR count). The first-order valence-electron chi connectivity index (χ1n) is 9.23. The number of nitrogens with two attached hydrogens (primary N) is 1. The molecular formula is C21H24FN3OS. The van der Waals surface area contributed by atoms with Crippen molar-refractivity contribution in [3.63, 3.8) is 0 Å². The summed E-state index contributed by atoms with van der Waals surface area (Å²) in [4.78, 5) is 13.5. The molecule has 4 nitrogen and oxygen atoms in total. The molecule has 27 heavy (non-hydrogen) atoms. The Balaban J connectivity index is 2.10. The van der Waals surface area contributed by atoms with Crippen LogP contribution in [0.1, 0.15) is 37.7 Å². The number of carbonyl (C=O) groups is 1. The first-order chi connectivity index (χ1) is 13.0. The minimum atomic E-state index is -0.413. The number of hydrazine groups is 1. The van der Waals surface area contributed by atoms with Crippen LogP contribution in [0.2, 0.25) is 0 Å². The highest BCUT2D eigenvalue weighted by Crippen LogP contribution is 2.32. The van der Waals surface area contributed by atoms with Gasteiger partial charge < -0.3 is 5.73 Å². The fourth-order valence-corrected chi connectivity index (χ4v) is 3.78. The molecule has 6 heteroatoms. The monoisotopic (exact) mass is 385 g/mol. The molecule has 0 unspecified atom stereocenters. The van der Waals surface area contributed by atoms with Crippen LogP contribution in [0.4, 0.5) is 15.8 Å². The summed E-state index contributed by atoms with van der Waals surface area (Å²) in [5.41, 5.74) is 8.06. The summed E-state index contributed by atoms with van der Waals surface area (Å²) in [6, 6.07) is 13.5. The minimum absolute atomic E-state index is 0.00647. The summed E-state index contributed by atoms with van der Waals surface area (Å²) in [6.45, 7) is 1.93. The molecule has 0 heterocycles. The lowest BCUT2D eigenvalue weighted by atomic mass is 9.88. The Kier molecular flexibility index (Phi) is 6.06. The average Bonchev–Trinajstić information content (AvgIpc) is 2.66. The maximum absolute atomic E-state index is 13.9. The van der Waals surface area contributed by atoms with E-state index in [4.69, 9.17) is 18.0 Å². The molecule has 1 aliphatic rings. The van der Waals surface area contributed by atoms with Gasteiger partial charge in [-0.3, -0.25) is 4.79 Å². The van der Waals surface area contributed by atoms with Gasteiger partial charge in [-0.15, -0.1) is 0 Å². The van der Waals surface area contributed by atoms with Crippen molar-refractivity contribution >= 4 is 34.6 Å². The van der Waals surface area contributed by atoms with E-state index in [1.807, 2.05) is 31.2 Å². The van der Waals surface area contributed by atoms with Crippen molar-refractivity contribution in [3.8, 4) is 0 Å². The van der Waals surface area contributed by atoms with Gasteiger partial charge in [0.15, 0.2) is 5.11 Å². The number of amides is 1. The molecule has 2 aromatic rings. The molecule has 1 aliphatic carbocycles. The standard InChI is InChI=1S/C21H24FN3OS/c1-15-8-5-6-13-19(15)25(20(26)16-9-3-2-4-10-16)24(21(23)27)18-12-7-11-17(22)14-18/h5-8,11-14,16H,2-4,9-10H2,1H3,(H2,23,27). The molecule has 0 saturated heterocycles. The lowest BCUT2D eigenvalue weighted by Crippen LogP contribution is -2.55. The Labute approximate surface area is 164 Å². The third-order valence-electron chi connectivity index (χ3n) is 4.97. The van der Waals surface area contributed by atoms with E-state index in [2.05, 4.69) is 0 Å². The van der Waals surface area contributed by atoms with Crippen molar-refractivity contribution in [1.29, 1.82) is 0 Å². The van der Waals surface area contributed by atoms with E-state index < -0.39 is 5.82 Å². The second kappa shape index (κ2) is 8.48. The van der Waals surface area contributed by atoms with E-state index in [9.17, 15) is 9.18 Å². The van der Waals surface area contributed by atoms with Crippen molar-refractivity contribution in [2.45, 2.75) is 39.0 Å². The topological polar surface area (TPSA) is 49.6 Å². The molecule has 1 amide bonds. The largest absolute Gasteiger partial charge is 0.374 e. The fraction of sp³-hybridized carbons (Fsp3) is 0.333. The van der Waals surface area contributed by atoms with Crippen LogP contribution in [0, 0.1) is 18.7 Å². The molecule has 0 atom stereocenters. The van der Waals surface area contributed by atoms with Gasteiger partial charge >= 0.3 is 0 Å². The minimum Gasteiger partial charge on any atom is -0.374 e. The van der Waals surface area contributed by atoms with Gasteiger partial charge in [0.2, 0.25) is 5.91 Å². The van der Waals surface area contributed by atoms with Crippen LogP contribution < -0.4 is 15.8 Å². The summed E-state index contributed by atoms with van der Waals surface area (Å²) in [5, 5.41) is 2.97. The number of carbonyl (C=O) groups excluding carboxylic acids is 1. The second-order valence-electron chi connectivity index (χ2n) is 6.90. The van der Waals surface area contributed by atoms with Gasteiger partial charge in [0, 0.05) is 5.92 Å². The van der Waals surface area contributed by atoms with Gasteiger partial charge in [0.1, 0.15) is 5.82 Å². The Hall–Kier alpha value is -2.47. The third-order valence-corrected chi connectivity index (χ3v) is 5.14. The molecule has 0 aromatic heterocycles. The van der Waals surface area contributed by atoms with Gasteiger partial charge in [-0.1, -0.05) is 43.5 Å². The highest BCUT2D eigenvalue weighted by atomic mass is 32.1. The van der Waals surface area contributed by atoms with Crippen LogP contribution in [0.3, 0.4) is 0 Å². The maximum atomic E-state index is 13.9. The van der Waals surface area contributed by atoms with Crippen LogP contribution in [-0.2, 0) is 4.79 Å². The van der Waals surface area contributed by atoms with Gasteiger partial charge in [0.25, 0.3) is 0 Å². The highest BCUT2D eigenvalue weighted by Gasteiger charge is 2.33. The zero-order valence-electron chi connectivity index (χ0n) is 15.4. The van der Waals surface area contributed by atoms with Crippen molar-refractivity contribution in [3.05, 3.63) is 59.9 Å². The predicted molar refractivity (Wildman–Crippen MR) is 111 cm³/mol. The Morgan fingerprint density at radius 2 is 1.78 bits per heavy atom. The van der Waals surface area contributed by atoms with E-state index in [1.165, 1.54) is 22.2 Å². The molecule has 2 N–H and O–H groups in total. The Bertz CT molecular complexity index is 836. The molecule has 2 aromatic carbocycles. The van der Waals surface area contributed by atoms with Crippen molar-refractivity contribution < 1.29 is 9.18 Å². The van der Waals surface area contributed by atoms with Gasteiger partial charge in [0.05, 0.1) is 11.4 Å². The van der Waals surface area contributed by atoms with E-state index in [0.717, 1.165) is 37.7 Å². The fourth-order valence-electron chi connectivity index (χ4n) is 3.60. The summed E-state index contributed by atoms with van der Waals surface area (Å²) in [6.07, 6.45) is 4.90. The summed E-state index contributed by atoms with van der Waals surface area (Å²) < 4.78 is 13.9. The second-order valence-corrected chi connectivity index (χ2v) is 7.32. The lowest BCUT2D eigenvalue weighted by molar-refractivity contribution is -0.123. The molecule has 1 fully saturated rings. The molecule has 1 saturated carbocycles. The molecule has 0 aliphatic heterocycles. The molecular weight excluding hydrogens is 361 g/mol. The highest BCUT2D eigenvalue weighted by molar-refractivity contribution is 7.80. The van der Waals surface area contributed by atoms with E-state index in [-0.39, 0.29) is 16.9 Å². The van der Waals surface area contributed by atoms with Crippen LogP contribution in [-0.4, -0.2) is 11.0 Å². The van der Waals surface area contributed by atoms with E-state index >= 15 is 0 Å². The first-order valence-corrected chi connectivity index (χ1v) is 9.64. The normalized spacial score (nSPS) is 14.6. The number of anilines is 2. The third kappa shape index (κ3) is 4.27. The first kappa shape index (κ1) is 19.3. The molecule has 142 valence electrons. The van der Waals surface area contributed by atoms with Gasteiger partial charge in [-0.25, -0.2) is 14.4 Å². The molecule has 0 spiro atoms. The van der Waals surface area contributed by atoms with Crippen molar-refractivity contribution in [2.24, 2.45) is 11.7 Å². The summed E-state index contributed by atoms with van der Waals surface area (Å²) >= 11 is 5.27. The molecule has 0 bridgehead atoms. The smallest absolute Gasteiger partial charge is 0.249 e. The summed E-state index contributed by atoms with van der Waals surface area (Å²) in [7, 11) is 0. The zero-order valence-corrected chi connectivity index (χ0v) is 16.2.